The van der Waals surface area contributed by atoms with Gasteiger partial charge in [-0.1, -0.05) is 12.1 Å². The summed E-state index contributed by atoms with van der Waals surface area (Å²) in [4.78, 5) is 26.5. The van der Waals surface area contributed by atoms with E-state index in [1.165, 1.54) is 6.92 Å². The molecule has 0 saturated carbocycles. The van der Waals surface area contributed by atoms with Crippen molar-refractivity contribution in [2.24, 2.45) is 0 Å². The maximum Gasteiger partial charge on any atom is 0.322 e. The van der Waals surface area contributed by atoms with Gasteiger partial charge in [-0.3, -0.25) is 4.79 Å². The van der Waals surface area contributed by atoms with Crippen LogP contribution in [0.2, 0.25) is 0 Å². The van der Waals surface area contributed by atoms with Gasteiger partial charge in [-0.05, 0) is 41.8 Å². The maximum absolute atomic E-state index is 13.2. The van der Waals surface area contributed by atoms with Crippen LogP contribution in [0.5, 0.6) is 17.2 Å². The molecule has 1 heterocycles. The molecule has 0 saturated heterocycles. The maximum atomic E-state index is 13.2. The number of nitrogens with zero attached hydrogens (tertiary/aromatic N) is 1. The summed E-state index contributed by atoms with van der Waals surface area (Å²) in [6, 6.07) is 10.4. The number of carbonyl (C=O) groups excluding carboxylic acids is 2. The lowest BCUT2D eigenvalue weighted by Gasteiger charge is -2.37. The Hall–Kier alpha value is -3.42. The summed E-state index contributed by atoms with van der Waals surface area (Å²) in [6.45, 7) is 2.24. The van der Waals surface area contributed by atoms with Gasteiger partial charge in [-0.15, -0.1) is 0 Å². The van der Waals surface area contributed by atoms with E-state index in [1.807, 2.05) is 24.3 Å². The van der Waals surface area contributed by atoms with Crippen molar-refractivity contribution in [3.63, 3.8) is 0 Å². The number of benzene rings is 2. The highest BCUT2D eigenvalue weighted by molar-refractivity contribution is 5.91. The molecule has 0 aliphatic carbocycles. The number of methoxy groups -OCH3 is 3. The minimum atomic E-state index is -0.354. The zero-order valence-corrected chi connectivity index (χ0v) is 17.7. The van der Waals surface area contributed by atoms with Gasteiger partial charge in [0.25, 0.3) is 0 Å². The van der Waals surface area contributed by atoms with E-state index < -0.39 is 0 Å². The average Bonchev–Trinajstić information content (AvgIpc) is 2.76. The van der Waals surface area contributed by atoms with Crippen molar-refractivity contribution in [3.05, 3.63) is 47.5 Å². The van der Waals surface area contributed by atoms with Gasteiger partial charge in [0.15, 0.2) is 11.5 Å². The molecule has 8 heteroatoms. The largest absolute Gasteiger partial charge is 0.495 e. The number of fused-ring (bicyclic) bond motifs is 1. The molecule has 3 rings (SSSR count). The monoisotopic (exact) mass is 413 g/mol. The van der Waals surface area contributed by atoms with Gasteiger partial charge < -0.3 is 29.7 Å². The number of hydrogen-bond donors (Lipinski definition) is 2. The molecule has 1 atom stereocenters. The quantitative estimate of drug-likeness (QED) is 0.760. The van der Waals surface area contributed by atoms with Crippen LogP contribution in [-0.2, 0) is 11.2 Å². The van der Waals surface area contributed by atoms with E-state index in [9.17, 15) is 9.59 Å². The van der Waals surface area contributed by atoms with Gasteiger partial charge in [0.1, 0.15) is 5.75 Å². The fourth-order valence-electron chi connectivity index (χ4n) is 3.67. The molecule has 2 N–H and O–H groups in total. The molecule has 0 aromatic heterocycles. The molecule has 0 spiro atoms. The van der Waals surface area contributed by atoms with Crippen molar-refractivity contribution in [2.75, 3.05) is 39.7 Å². The zero-order chi connectivity index (χ0) is 21.7. The van der Waals surface area contributed by atoms with Gasteiger partial charge in [0.2, 0.25) is 5.91 Å². The van der Waals surface area contributed by atoms with Crippen molar-refractivity contribution in [1.29, 1.82) is 0 Å². The van der Waals surface area contributed by atoms with Crippen molar-refractivity contribution in [2.45, 2.75) is 19.4 Å². The first-order valence-corrected chi connectivity index (χ1v) is 9.68. The summed E-state index contributed by atoms with van der Waals surface area (Å²) in [5.41, 5.74) is 2.56. The minimum absolute atomic E-state index is 0.160. The molecule has 30 heavy (non-hydrogen) atoms. The zero-order valence-electron chi connectivity index (χ0n) is 17.7. The van der Waals surface area contributed by atoms with E-state index >= 15 is 0 Å². The van der Waals surface area contributed by atoms with Crippen molar-refractivity contribution in [3.8, 4) is 17.2 Å². The van der Waals surface area contributed by atoms with E-state index in [0.717, 1.165) is 11.1 Å². The van der Waals surface area contributed by atoms with Crippen LogP contribution in [0.1, 0.15) is 24.1 Å². The Kier molecular flexibility index (Phi) is 6.66. The van der Waals surface area contributed by atoms with E-state index in [-0.39, 0.29) is 24.5 Å². The smallest absolute Gasteiger partial charge is 0.322 e. The Labute approximate surface area is 176 Å². The Morgan fingerprint density at radius 2 is 1.70 bits per heavy atom. The number of urea groups is 1. The summed E-state index contributed by atoms with van der Waals surface area (Å²) in [5.74, 6) is 1.64. The van der Waals surface area contributed by atoms with E-state index in [0.29, 0.717) is 35.9 Å². The Morgan fingerprint density at radius 3 is 2.37 bits per heavy atom. The van der Waals surface area contributed by atoms with Gasteiger partial charge in [-0.2, -0.15) is 0 Å². The minimum Gasteiger partial charge on any atom is -0.495 e. The highest BCUT2D eigenvalue weighted by Gasteiger charge is 2.32. The number of hydrogen-bond acceptors (Lipinski definition) is 5. The molecule has 0 fully saturated rings. The number of rotatable bonds is 6. The van der Waals surface area contributed by atoms with Crippen LogP contribution >= 0.6 is 0 Å². The van der Waals surface area contributed by atoms with Crippen LogP contribution < -0.4 is 24.8 Å². The van der Waals surface area contributed by atoms with Gasteiger partial charge in [-0.25, -0.2) is 4.79 Å². The van der Waals surface area contributed by atoms with Gasteiger partial charge in [0, 0.05) is 20.0 Å². The molecule has 1 aliphatic rings. The van der Waals surface area contributed by atoms with Crippen LogP contribution in [0.4, 0.5) is 10.5 Å². The van der Waals surface area contributed by atoms with Gasteiger partial charge in [0.05, 0.1) is 33.1 Å². The molecule has 8 nitrogen and oxygen atoms in total. The second-order valence-electron chi connectivity index (χ2n) is 6.93. The van der Waals surface area contributed by atoms with E-state index in [2.05, 4.69) is 10.6 Å². The third kappa shape index (κ3) is 4.42. The molecule has 2 aromatic carbocycles. The molecule has 3 amide bonds. The van der Waals surface area contributed by atoms with Crippen LogP contribution in [-0.4, -0.2) is 51.3 Å². The van der Waals surface area contributed by atoms with Gasteiger partial charge >= 0.3 is 6.03 Å². The SMILES string of the molecule is COc1ccccc1NC(=O)N1CCc2cc(OC)c(OC)cc2[C@H]1CNC(C)=O. The predicted octanol–water partition coefficient (Wildman–Crippen LogP) is 2.98. The molecule has 160 valence electrons. The Balaban J connectivity index is 1.93. The first-order chi connectivity index (χ1) is 14.5. The molecular formula is C22H27N3O5. The normalized spacial score (nSPS) is 15.1. The van der Waals surface area contributed by atoms with E-state index in [4.69, 9.17) is 14.2 Å². The van der Waals surface area contributed by atoms with Crippen molar-refractivity contribution < 1.29 is 23.8 Å². The first-order valence-electron chi connectivity index (χ1n) is 9.68. The molecule has 0 bridgehead atoms. The standard InChI is InChI=1S/C22H27N3O5/c1-14(26)23-13-18-16-12-21(30-4)20(29-3)11-15(16)9-10-25(18)22(27)24-17-7-5-6-8-19(17)28-2/h5-8,11-12,18H,9-10,13H2,1-4H3,(H,23,26)(H,24,27)/t18-/m1/s1. The fraction of sp³-hybridized carbons (Fsp3) is 0.364. The van der Waals surface area contributed by atoms with Crippen molar-refractivity contribution in [1.82, 2.24) is 10.2 Å². The number of ether oxygens (including phenoxy) is 3. The first kappa shape index (κ1) is 21.3. The third-order valence-corrected chi connectivity index (χ3v) is 5.16. The second-order valence-corrected chi connectivity index (χ2v) is 6.93. The lowest BCUT2D eigenvalue weighted by Crippen LogP contribution is -2.46. The lowest BCUT2D eigenvalue weighted by atomic mass is 9.92. The van der Waals surface area contributed by atoms with Crippen LogP contribution in [0.15, 0.2) is 36.4 Å². The molecule has 0 radical (unpaired) electrons. The molecular weight excluding hydrogens is 386 g/mol. The average molecular weight is 413 g/mol. The Morgan fingerprint density at radius 1 is 1.03 bits per heavy atom. The molecule has 2 aromatic rings. The van der Waals surface area contributed by atoms with Crippen molar-refractivity contribution >= 4 is 17.6 Å². The summed E-state index contributed by atoms with van der Waals surface area (Å²) in [7, 11) is 4.72. The fourth-order valence-corrected chi connectivity index (χ4v) is 3.67. The van der Waals surface area contributed by atoms with Crippen LogP contribution in [0.3, 0.4) is 0 Å². The van der Waals surface area contributed by atoms with Crippen LogP contribution in [0.25, 0.3) is 0 Å². The van der Waals surface area contributed by atoms with Crippen LogP contribution in [0, 0.1) is 0 Å². The predicted molar refractivity (Wildman–Crippen MR) is 113 cm³/mol. The summed E-state index contributed by atoms with van der Waals surface area (Å²) >= 11 is 0. The number of nitrogens with one attached hydrogen (secondary N) is 2. The summed E-state index contributed by atoms with van der Waals surface area (Å²) < 4.78 is 16.2. The van der Waals surface area contributed by atoms with E-state index in [1.54, 1.807) is 38.4 Å². The number of carbonyl (C=O) groups is 2. The second kappa shape index (κ2) is 9.39. The summed E-state index contributed by atoms with van der Waals surface area (Å²) in [6.07, 6.45) is 0.658. The number of amides is 3. The number of para-hydroxylation sites is 2. The molecule has 1 aliphatic heterocycles. The highest BCUT2D eigenvalue weighted by atomic mass is 16.5. The topological polar surface area (TPSA) is 89.1 Å². The summed E-state index contributed by atoms with van der Waals surface area (Å²) in [5, 5.41) is 5.76. The highest BCUT2D eigenvalue weighted by Crippen LogP contribution is 2.38. The lowest BCUT2D eigenvalue weighted by molar-refractivity contribution is -0.119. The molecule has 0 unspecified atom stereocenters. The number of anilines is 1. The third-order valence-electron chi connectivity index (χ3n) is 5.16. The Bertz CT molecular complexity index is 931.